The van der Waals surface area contributed by atoms with Gasteiger partial charge in [-0.3, -0.25) is 4.90 Å². The minimum atomic E-state index is -0.433. The molecule has 0 aromatic heterocycles. The minimum absolute atomic E-state index is 0.433. The largest absolute Gasteiger partial charge is 0.390 e. The molecule has 0 bridgehead atoms. The molecule has 1 aliphatic rings. The molecule has 0 aromatic carbocycles. The van der Waals surface area contributed by atoms with Gasteiger partial charge in [-0.25, -0.2) is 0 Å². The van der Waals surface area contributed by atoms with E-state index in [2.05, 4.69) is 18.4 Å². The third kappa shape index (κ3) is 2.32. The fraction of sp³-hybridized carbons (Fsp3) is 0.800. The maximum Gasteiger partial charge on any atom is 0.0644 e. The van der Waals surface area contributed by atoms with E-state index in [1.165, 1.54) is 0 Å². The van der Waals surface area contributed by atoms with E-state index in [1.807, 2.05) is 13.0 Å². The van der Waals surface area contributed by atoms with Crippen molar-refractivity contribution in [3.63, 3.8) is 0 Å². The van der Waals surface area contributed by atoms with Crippen LogP contribution in [0.3, 0.4) is 0 Å². The standard InChI is InChI=1S/C10H19NO/c1-4-9(2)11-7-5-10(3,12)6-8-11/h4,9,12H,1,5-8H2,2-3H3. The van der Waals surface area contributed by atoms with Crippen LogP contribution in [0, 0.1) is 0 Å². The lowest BCUT2D eigenvalue weighted by molar-refractivity contribution is -0.01000. The maximum absolute atomic E-state index is 9.69. The average molecular weight is 169 g/mol. The van der Waals surface area contributed by atoms with Gasteiger partial charge < -0.3 is 5.11 Å². The second-order valence-corrected chi connectivity index (χ2v) is 4.01. The Kier molecular flexibility index (Phi) is 2.91. The van der Waals surface area contributed by atoms with Crippen LogP contribution >= 0.6 is 0 Å². The number of likely N-dealkylation sites (tertiary alicyclic amines) is 1. The summed E-state index contributed by atoms with van der Waals surface area (Å²) in [6.45, 7) is 9.81. The summed E-state index contributed by atoms with van der Waals surface area (Å²) in [6, 6.07) is 0.445. The molecule has 1 aliphatic heterocycles. The zero-order valence-electron chi connectivity index (χ0n) is 8.08. The third-order valence-electron chi connectivity index (χ3n) is 2.79. The topological polar surface area (TPSA) is 23.5 Å². The Morgan fingerprint density at radius 1 is 1.50 bits per heavy atom. The molecule has 2 nitrogen and oxygen atoms in total. The smallest absolute Gasteiger partial charge is 0.0644 e. The summed E-state index contributed by atoms with van der Waals surface area (Å²) >= 11 is 0. The molecule has 70 valence electrons. The van der Waals surface area contributed by atoms with E-state index in [0.717, 1.165) is 25.9 Å². The van der Waals surface area contributed by atoms with E-state index in [9.17, 15) is 5.11 Å². The molecule has 0 saturated carbocycles. The first-order chi connectivity index (χ1) is 5.55. The van der Waals surface area contributed by atoms with Crippen LogP contribution in [0.4, 0.5) is 0 Å². The Balaban J connectivity index is 2.40. The lowest BCUT2D eigenvalue weighted by atomic mass is 9.93. The minimum Gasteiger partial charge on any atom is -0.390 e. The third-order valence-corrected chi connectivity index (χ3v) is 2.79. The Hall–Kier alpha value is -0.340. The molecule has 1 fully saturated rings. The van der Waals surface area contributed by atoms with Gasteiger partial charge in [0.05, 0.1) is 5.60 Å². The summed E-state index contributed by atoms with van der Waals surface area (Å²) in [5.41, 5.74) is -0.433. The molecule has 2 heteroatoms. The van der Waals surface area contributed by atoms with E-state index in [-0.39, 0.29) is 0 Å². The van der Waals surface area contributed by atoms with Crippen LogP contribution < -0.4 is 0 Å². The first-order valence-corrected chi connectivity index (χ1v) is 4.64. The zero-order valence-corrected chi connectivity index (χ0v) is 8.08. The Labute approximate surface area is 74.9 Å². The van der Waals surface area contributed by atoms with Crippen LogP contribution in [0.1, 0.15) is 26.7 Å². The van der Waals surface area contributed by atoms with Gasteiger partial charge in [0, 0.05) is 19.1 Å². The van der Waals surface area contributed by atoms with E-state index < -0.39 is 5.60 Å². The molecule has 1 rings (SSSR count). The Bertz CT molecular complexity index is 155. The first-order valence-electron chi connectivity index (χ1n) is 4.64. The molecule has 12 heavy (non-hydrogen) atoms. The molecule has 1 unspecified atom stereocenters. The zero-order chi connectivity index (χ0) is 9.19. The van der Waals surface area contributed by atoms with Gasteiger partial charge in [0.1, 0.15) is 0 Å². The van der Waals surface area contributed by atoms with Gasteiger partial charge in [-0.15, -0.1) is 6.58 Å². The highest BCUT2D eigenvalue weighted by Crippen LogP contribution is 2.22. The number of aliphatic hydroxyl groups is 1. The van der Waals surface area contributed by atoms with Gasteiger partial charge in [0.2, 0.25) is 0 Å². The van der Waals surface area contributed by atoms with Crippen LogP contribution in [0.2, 0.25) is 0 Å². The van der Waals surface area contributed by atoms with Crippen molar-refractivity contribution in [1.29, 1.82) is 0 Å². The van der Waals surface area contributed by atoms with Gasteiger partial charge in [0.25, 0.3) is 0 Å². The maximum atomic E-state index is 9.69. The highest BCUT2D eigenvalue weighted by atomic mass is 16.3. The van der Waals surface area contributed by atoms with E-state index in [4.69, 9.17) is 0 Å². The number of piperidine rings is 1. The van der Waals surface area contributed by atoms with E-state index >= 15 is 0 Å². The van der Waals surface area contributed by atoms with Crippen molar-refractivity contribution in [1.82, 2.24) is 4.90 Å². The molecular weight excluding hydrogens is 150 g/mol. The van der Waals surface area contributed by atoms with Crippen LogP contribution in [-0.2, 0) is 0 Å². The lowest BCUT2D eigenvalue weighted by Crippen LogP contribution is -2.45. The van der Waals surface area contributed by atoms with Crippen molar-refractivity contribution in [2.45, 2.75) is 38.3 Å². The molecule has 0 amide bonds. The number of rotatable bonds is 2. The van der Waals surface area contributed by atoms with Crippen molar-refractivity contribution in [2.75, 3.05) is 13.1 Å². The summed E-state index contributed by atoms with van der Waals surface area (Å²) in [5.74, 6) is 0. The van der Waals surface area contributed by atoms with Crippen molar-refractivity contribution in [3.8, 4) is 0 Å². The summed E-state index contributed by atoms with van der Waals surface area (Å²) in [4.78, 5) is 2.35. The quantitative estimate of drug-likeness (QED) is 0.632. The summed E-state index contributed by atoms with van der Waals surface area (Å²) in [7, 11) is 0. The molecule has 0 spiro atoms. The summed E-state index contributed by atoms with van der Waals surface area (Å²) in [6.07, 6.45) is 3.72. The van der Waals surface area contributed by atoms with Crippen molar-refractivity contribution >= 4 is 0 Å². The fourth-order valence-corrected chi connectivity index (χ4v) is 1.56. The fourth-order valence-electron chi connectivity index (χ4n) is 1.56. The molecule has 0 radical (unpaired) electrons. The van der Waals surface area contributed by atoms with Crippen LogP contribution in [0.5, 0.6) is 0 Å². The predicted molar refractivity (Wildman–Crippen MR) is 51.1 cm³/mol. The van der Waals surface area contributed by atoms with Crippen LogP contribution in [0.15, 0.2) is 12.7 Å². The molecule has 1 N–H and O–H groups in total. The molecule has 0 aliphatic carbocycles. The van der Waals surface area contributed by atoms with E-state index in [0.29, 0.717) is 6.04 Å². The molecule has 1 atom stereocenters. The number of hydrogen-bond donors (Lipinski definition) is 1. The lowest BCUT2D eigenvalue weighted by Gasteiger charge is -2.38. The highest BCUT2D eigenvalue weighted by molar-refractivity contribution is 4.89. The Morgan fingerprint density at radius 3 is 2.42 bits per heavy atom. The van der Waals surface area contributed by atoms with Crippen molar-refractivity contribution in [2.24, 2.45) is 0 Å². The van der Waals surface area contributed by atoms with E-state index in [1.54, 1.807) is 0 Å². The van der Waals surface area contributed by atoms with Crippen LogP contribution in [0.25, 0.3) is 0 Å². The predicted octanol–water partition coefficient (Wildman–Crippen LogP) is 1.41. The van der Waals surface area contributed by atoms with Gasteiger partial charge in [0.15, 0.2) is 0 Å². The van der Waals surface area contributed by atoms with Gasteiger partial charge in [-0.2, -0.15) is 0 Å². The summed E-state index contributed by atoms with van der Waals surface area (Å²) < 4.78 is 0. The van der Waals surface area contributed by atoms with Gasteiger partial charge >= 0.3 is 0 Å². The Morgan fingerprint density at radius 2 is 2.00 bits per heavy atom. The number of nitrogens with zero attached hydrogens (tertiary/aromatic N) is 1. The molecule has 1 saturated heterocycles. The molecule has 1 heterocycles. The average Bonchev–Trinajstić information content (AvgIpc) is 2.03. The molecular formula is C10H19NO. The SMILES string of the molecule is C=CC(C)N1CCC(C)(O)CC1. The number of hydrogen-bond acceptors (Lipinski definition) is 2. The van der Waals surface area contributed by atoms with Crippen molar-refractivity contribution < 1.29 is 5.11 Å². The summed E-state index contributed by atoms with van der Waals surface area (Å²) in [5, 5.41) is 9.69. The second-order valence-electron chi connectivity index (χ2n) is 4.01. The highest BCUT2D eigenvalue weighted by Gasteiger charge is 2.28. The molecule has 0 aromatic rings. The van der Waals surface area contributed by atoms with Gasteiger partial charge in [-0.05, 0) is 26.7 Å². The van der Waals surface area contributed by atoms with Crippen molar-refractivity contribution in [3.05, 3.63) is 12.7 Å². The van der Waals surface area contributed by atoms with Crippen LogP contribution in [-0.4, -0.2) is 34.7 Å². The normalized spacial score (nSPS) is 26.6. The second kappa shape index (κ2) is 3.58. The monoisotopic (exact) mass is 169 g/mol. The first kappa shape index (κ1) is 9.75. The van der Waals surface area contributed by atoms with Gasteiger partial charge in [-0.1, -0.05) is 6.08 Å².